The van der Waals surface area contributed by atoms with Crippen molar-refractivity contribution in [2.45, 2.75) is 268 Å². The third-order valence-corrected chi connectivity index (χ3v) is 12.7. The second-order valence-electron chi connectivity index (χ2n) is 18.2. The van der Waals surface area contributed by atoms with Crippen LogP contribution in [0.5, 0.6) is 0 Å². The molecule has 1 aliphatic heterocycles. The minimum atomic E-state index is -5.12. The molecule has 1 fully saturated rings. The first-order chi connectivity index (χ1) is 31.4. The molecule has 382 valence electrons. The van der Waals surface area contributed by atoms with Gasteiger partial charge >= 0.3 is 10.4 Å². The highest BCUT2D eigenvalue weighted by Crippen LogP contribution is 2.26. The monoisotopic (exact) mass is 946 g/mol. The van der Waals surface area contributed by atoms with Gasteiger partial charge < -0.3 is 40.3 Å². The summed E-state index contributed by atoms with van der Waals surface area (Å²) in [7, 11) is -5.12. The first kappa shape index (κ1) is 61.3. The van der Waals surface area contributed by atoms with E-state index in [9.17, 15) is 43.3 Å². The van der Waals surface area contributed by atoms with Crippen molar-refractivity contribution in [1.82, 2.24) is 5.32 Å². The molecular weight excluding hydrogens is 851 g/mol. The quantitative estimate of drug-likeness (QED) is 0.0173. The van der Waals surface area contributed by atoms with Gasteiger partial charge in [0.15, 0.2) is 6.29 Å². The summed E-state index contributed by atoms with van der Waals surface area (Å²) in [5, 5.41) is 55.3. The number of rotatable bonds is 44. The Morgan fingerprint density at radius 2 is 1.03 bits per heavy atom. The highest BCUT2D eigenvalue weighted by molar-refractivity contribution is 7.80. The van der Waals surface area contributed by atoms with Gasteiger partial charge in [0, 0.05) is 0 Å². The van der Waals surface area contributed by atoms with Gasteiger partial charge in [-0.2, -0.15) is 8.42 Å². The van der Waals surface area contributed by atoms with Crippen LogP contribution in [0.2, 0.25) is 0 Å². The lowest BCUT2D eigenvalue weighted by atomic mass is 9.99. The largest absolute Gasteiger partial charge is 0.397 e. The van der Waals surface area contributed by atoms with Crippen LogP contribution in [0.4, 0.5) is 0 Å². The van der Waals surface area contributed by atoms with E-state index in [0.717, 1.165) is 44.9 Å². The minimum absolute atomic E-state index is 0.237. The van der Waals surface area contributed by atoms with Crippen LogP contribution in [0.25, 0.3) is 0 Å². The third-order valence-electron chi connectivity index (χ3n) is 12.3. The number of carbonyl (C=O) groups excluding carboxylic acids is 1. The fraction of sp³-hybridized carbons (Fsp3) is 0.863. The first-order valence-corrected chi connectivity index (χ1v) is 27.3. The Morgan fingerprint density at radius 3 is 1.48 bits per heavy atom. The van der Waals surface area contributed by atoms with Gasteiger partial charge in [-0.15, -0.1) is 0 Å². The maximum Gasteiger partial charge on any atom is 0.397 e. The molecule has 8 atom stereocenters. The molecule has 0 saturated carbocycles. The van der Waals surface area contributed by atoms with Gasteiger partial charge in [-0.3, -0.25) is 9.35 Å². The zero-order valence-corrected chi connectivity index (χ0v) is 41.5. The van der Waals surface area contributed by atoms with Crippen LogP contribution in [0.3, 0.4) is 0 Å². The number of allylic oxidation sites excluding steroid dienone is 5. The van der Waals surface area contributed by atoms with Crippen LogP contribution in [-0.2, 0) is 28.9 Å². The molecule has 1 heterocycles. The maximum atomic E-state index is 13.1. The van der Waals surface area contributed by atoms with Crippen molar-refractivity contribution in [1.29, 1.82) is 0 Å². The standard InChI is InChI=1S/C51H95NO12S/c1-3-5-7-9-11-13-15-17-19-20-21-22-23-24-25-26-28-30-32-34-36-38-40-45(55)50(58)52-43(42-62-51-48(57)49(64-65(59,60)61)47(56)46(41-53)63-51)44(54)39-37-35-33-31-29-27-18-16-14-12-10-8-6-4-2/h14,16,29,31,37,39,43-49,51,53-57H,3-13,15,17-28,30,32-36,38,40-42H2,1-2H3,(H,52,58)(H,59,60,61)/b16-14+,31-29+,39-37+. The molecule has 1 amide bonds. The van der Waals surface area contributed by atoms with Gasteiger partial charge in [-0.25, -0.2) is 4.18 Å². The fourth-order valence-electron chi connectivity index (χ4n) is 8.14. The van der Waals surface area contributed by atoms with E-state index in [-0.39, 0.29) is 6.42 Å². The Bertz CT molecular complexity index is 1310. The van der Waals surface area contributed by atoms with Gasteiger partial charge in [0.1, 0.15) is 30.5 Å². The summed E-state index contributed by atoms with van der Waals surface area (Å²) in [4.78, 5) is 13.1. The van der Waals surface area contributed by atoms with E-state index in [1.54, 1.807) is 6.08 Å². The van der Waals surface area contributed by atoms with Crippen molar-refractivity contribution in [2.24, 2.45) is 0 Å². The molecule has 0 spiro atoms. The minimum Gasteiger partial charge on any atom is -0.394 e. The fourth-order valence-corrected chi connectivity index (χ4v) is 8.65. The van der Waals surface area contributed by atoms with Crippen molar-refractivity contribution in [3.63, 3.8) is 0 Å². The second kappa shape index (κ2) is 41.3. The highest BCUT2D eigenvalue weighted by Gasteiger charge is 2.48. The maximum absolute atomic E-state index is 13.1. The number of nitrogens with one attached hydrogen (secondary N) is 1. The average Bonchev–Trinajstić information content (AvgIpc) is 3.28. The Kier molecular flexibility index (Phi) is 38.9. The number of aliphatic hydroxyl groups is 5. The average molecular weight is 946 g/mol. The molecular formula is C51H95NO12S. The Morgan fingerprint density at radius 1 is 0.615 bits per heavy atom. The number of hydrogen-bond donors (Lipinski definition) is 7. The molecule has 65 heavy (non-hydrogen) atoms. The molecule has 0 aromatic rings. The van der Waals surface area contributed by atoms with E-state index in [0.29, 0.717) is 12.8 Å². The summed E-state index contributed by atoms with van der Waals surface area (Å²) in [5.41, 5.74) is 0. The molecule has 7 N–H and O–H groups in total. The van der Waals surface area contributed by atoms with Crippen molar-refractivity contribution in [3.8, 4) is 0 Å². The lowest BCUT2D eigenvalue weighted by Crippen LogP contribution is -2.61. The van der Waals surface area contributed by atoms with Crippen molar-refractivity contribution in [3.05, 3.63) is 36.5 Å². The predicted octanol–water partition coefficient (Wildman–Crippen LogP) is 10.0. The Balaban J connectivity index is 2.48. The number of aliphatic hydroxyl groups excluding tert-OH is 5. The summed E-state index contributed by atoms with van der Waals surface area (Å²) in [5.74, 6) is -0.714. The topological polar surface area (TPSA) is 212 Å². The molecule has 8 unspecified atom stereocenters. The van der Waals surface area contributed by atoms with Crippen LogP contribution < -0.4 is 5.32 Å². The molecule has 0 aromatic heterocycles. The third kappa shape index (κ3) is 33.4. The number of amides is 1. The number of ether oxygens (including phenoxy) is 2. The molecule has 0 radical (unpaired) electrons. The lowest BCUT2D eigenvalue weighted by Gasteiger charge is -2.41. The zero-order valence-electron chi connectivity index (χ0n) is 40.7. The SMILES string of the molecule is CCCCCC/C=C/CC/C=C/CC/C=C/C(O)C(COC1OC(CO)C(O)C(OS(=O)(=O)O)C1O)NC(=O)C(O)CCCCCCCCCCCCCCCCCCCCCCCC. The predicted molar refractivity (Wildman–Crippen MR) is 261 cm³/mol. The summed E-state index contributed by atoms with van der Waals surface area (Å²) in [6.45, 7) is 3.19. The molecule has 1 aliphatic rings. The van der Waals surface area contributed by atoms with E-state index in [2.05, 4.69) is 47.7 Å². The zero-order chi connectivity index (χ0) is 47.8. The smallest absolute Gasteiger partial charge is 0.394 e. The molecule has 1 rings (SSSR count). The lowest BCUT2D eigenvalue weighted by molar-refractivity contribution is -0.298. The number of unbranched alkanes of at least 4 members (excludes halogenated alkanes) is 27. The normalized spacial score (nSPS) is 20.9. The van der Waals surface area contributed by atoms with E-state index < -0.39 is 78.5 Å². The van der Waals surface area contributed by atoms with Crippen LogP contribution >= 0.6 is 0 Å². The van der Waals surface area contributed by atoms with Crippen LogP contribution in [0.1, 0.15) is 219 Å². The first-order valence-electron chi connectivity index (χ1n) is 26.0. The van der Waals surface area contributed by atoms with Gasteiger partial charge in [-0.1, -0.05) is 211 Å². The van der Waals surface area contributed by atoms with Gasteiger partial charge in [0.25, 0.3) is 0 Å². The van der Waals surface area contributed by atoms with E-state index in [4.69, 9.17) is 9.47 Å². The van der Waals surface area contributed by atoms with Crippen LogP contribution in [0.15, 0.2) is 36.5 Å². The summed E-state index contributed by atoms with van der Waals surface area (Å²) >= 11 is 0. The van der Waals surface area contributed by atoms with Crippen molar-refractivity contribution in [2.75, 3.05) is 13.2 Å². The Labute approximate surface area is 395 Å². The Hall–Kier alpha value is -1.72. The second-order valence-corrected chi connectivity index (χ2v) is 19.3. The molecule has 0 aromatic carbocycles. The summed E-state index contributed by atoms with van der Waals surface area (Å²) in [6.07, 6.45) is 38.0. The van der Waals surface area contributed by atoms with E-state index in [1.807, 2.05) is 0 Å². The molecule has 13 nitrogen and oxygen atoms in total. The van der Waals surface area contributed by atoms with Crippen LogP contribution in [0, 0.1) is 0 Å². The summed E-state index contributed by atoms with van der Waals surface area (Å²) in [6, 6.07) is -1.14. The molecule has 14 heteroatoms. The number of hydrogen-bond acceptors (Lipinski definition) is 11. The van der Waals surface area contributed by atoms with Crippen molar-refractivity contribution >= 4 is 16.3 Å². The summed E-state index contributed by atoms with van der Waals surface area (Å²) < 4.78 is 47.6. The van der Waals surface area contributed by atoms with Gasteiger partial charge in [0.2, 0.25) is 5.91 Å². The van der Waals surface area contributed by atoms with E-state index in [1.165, 1.54) is 147 Å². The highest BCUT2D eigenvalue weighted by atomic mass is 32.3. The van der Waals surface area contributed by atoms with E-state index >= 15 is 0 Å². The molecule has 0 aliphatic carbocycles. The van der Waals surface area contributed by atoms with Gasteiger partial charge in [-0.05, 0) is 44.9 Å². The van der Waals surface area contributed by atoms with Crippen molar-refractivity contribution < 1.29 is 57.0 Å². The number of carbonyl (C=O) groups is 1. The molecule has 0 bridgehead atoms. The van der Waals surface area contributed by atoms with Crippen LogP contribution in [-0.4, -0.2) is 107 Å². The molecule has 1 saturated heterocycles. The van der Waals surface area contributed by atoms with Gasteiger partial charge in [0.05, 0.1) is 25.4 Å².